The molecule has 2 atom stereocenters. The molecule has 2 aliphatic rings. The van der Waals surface area contributed by atoms with Crippen LogP contribution in [0, 0.1) is 5.92 Å². The van der Waals surface area contributed by atoms with Crippen molar-refractivity contribution in [2.75, 3.05) is 13.1 Å². The maximum Gasteiger partial charge on any atom is 0.312 e. The highest BCUT2D eigenvalue weighted by Crippen LogP contribution is 2.15. The van der Waals surface area contributed by atoms with Crippen LogP contribution in [0.25, 0.3) is 0 Å². The third kappa shape index (κ3) is 0.778. The van der Waals surface area contributed by atoms with Crippen LogP contribution in [0.15, 0.2) is 0 Å². The van der Waals surface area contributed by atoms with Gasteiger partial charge in [-0.3, -0.25) is 4.90 Å². The normalized spacial score (nSPS) is 41.6. The van der Waals surface area contributed by atoms with Gasteiger partial charge in [0.2, 0.25) is 0 Å². The molecule has 2 bridgehead atoms. The molecule has 0 radical (unpaired) electrons. The number of hydrogen-bond acceptors (Lipinski definition) is 1. The molecule has 1 amide bonds. The summed E-state index contributed by atoms with van der Waals surface area (Å²) in [6.07, 6.45) is 3.31. The number of nitrogens with one attached hydrogen (secondary N) is 1. The average molecular weight is 126 g/mol. The van der Waals surface area contributed by atoms with Gasteiger partial charge in [0.15, 0.2) is 0 Å². The highest BCUT2D eigenvalue weighted by molar-refractivity contribution is 5.67. The van der Waals surface area contributed by atoms with Gasteiger partial charge in [0, 0.05) is 12.3 Å². The molecule has 0 spiro atoms. The Hall–Kier alpha value is -0.370. The molecule has 2 heteroatoms. The number of quaternary nitrogens is 1. The van der Waals surface area contributed by atoms with Crippen molar-refractivity contribution < 1.29 is 9.69 Å². The molecule has 2 unspecified atom stereocenters. The minimum absolute atomic E-state index is 0.462. The number of amides is 1. The zero-order valence-corrected chi connectivity index (χ0v) is 5.52. The van der Waals surface area contributed by atoms with E-state index >= 15 is 0 Å². The van der Waals surface area contributed by atoms with Gasteiger partial charge in [-0.05, 0) is 6.42 Å². The largest absolute Gasteiger partial charge is 0.312 e. The highest BCUT2D eigenvalue weighted by atomic mass is 16.2. The lowest BCUT2D eigenvalue weighted by Gasteiger charge is -2.15. The second-order valence-electron chi connectivity index (χ2n) is 3.17. The first-order valence-corrected chi connectivity index (χ1v) is 3.74. The van der Waals surface area contributed by atoms with Crippen LogP contribution < -0.4 is 4.90 Å². The Morgan fingerprint density at radius 2 is 2.33 bits per heavy atom. The van der Waals surface area contributed by atoms with Crippen molar-refractivity contribution in [2.24, 2.45) is 5.92 Å². The van der Waals surface area contributed by atoms with Gasteiger partial charge in [-0.2, -0.15) is 0 Å². The minimum atomic E-state index is 0.462. The molecule has 0 aromatic heterocycles. The molecule has 2 fully saturated rings. The third-order valence-electron chi connectivity index (χ3n) is 2.56. The number of carbonyl (C=O) groups excluding carboxylic acids is 1. The Balaban J connectivity index is 2.14. The molecule has 50 valence electrons. The van der Waals surface area contributed by atoms with E-state index in [1.54, 1.807) is 0 Å². The molecule has 2 heterocycles. The Labute approximate surface area is 54.8 Å². The van der Waals surface area contributed by atoms with E-state index in [9.17, 15) is 4.79 Å². The molecule has 0 aromatic carbocycles. The summed E-state index contributed by atoms with van der Waals surface area (Å²) in [4.78, 5) is 12.3. The molecule has 2 nitrogen and oxygen atoms in total. The van der Waals surface area contributed by atoms with E-state index in [-0.39, 0.29) is 0 Å². The topological polar surface area (TPSA) is 21.5 Å². The molecule has 2 saturated heterocycles. The maximum absolute atomic E-state index is 11.0. The van der Waals surface area contributed by atoms with E-state index < -0.39 is 0 Å². The van der Waals surface area contributed by atoms with Gasteiger partial charge >= 0.3 is 5.91 Å². The lowest BCUT2D eigenvalue weighted by atomic mass is 10.0. The first-order chi connectivity index (χ1) is 4.36. The van der Waals surface area contributed by atoms with Crippen molar-refractivity contribution >= 4 is 5.91 Å². The van der Waals surface area contributed by atoms with Gasteiger partial charge in [-0.15, -0.1) is 0 Å². The second-order valence-corrected chi connectivity index (χ2v) is 3.17. The molecule has 1 N–H and O–H groups in total. The molecular formula is C7H12NO+. The molecule has 2 rings (SSSR count). The Morgan fingerprint density at radius 1 is 1.44 bits per heavy atom. The fourth-order valence-electron chi connectivity index (χ4n) is 1.94. The fourth-order valence-corrected chi connectivity index (χ4v) is 1.94. The van der Waals surface area contributed by atoms with Crippen LogP contribution >= 0.6 is 0 Å². The summed E-state index contributed by atoms with van der Waals surface area (Å²) in [7, 11) is 0. The molecular weight excluding hydrogens is 114 g/mol. The standard InChI is InChI=1S/C7H11NO/c9-7-2-1-6-3-4-8(7)5-6/h6H,1-5H2/p+1. The second kappa shape index (κ2) is 1.81. The Bertz CT molecular complexity index is 144. The summed E-state index contributed by atoms with van der Waals surface area (Å²) in [6.45, 7) is 2.25. The zero-order valence-electron chi connectivity index (χ0n) is 5.52. The van der Waals surface area contributed by atoms with Crippen molar-refractivity contribution in [3.8, 4) is 0 Å². The highest BCUT2D eigenvalue weighted by Gasteiger charge is 2.36. The van der Waals surface area contributed by atoms with E-state index in [0.717, 1.165) is 25.4 Å². The van der Waals surface area contributed by atoms with Crippen molar-refractivity contribution in [3.63, 3.8) is 0 Å². The molecule has 9 heavy (non-hydrogen) atoms. The lowest BCUT2D eigenvalue weighted by Crippen LogP contribution is -3.13. The SMILES string of the molecule is O=C1CCC2CC[NH+]1C2. The summed E-state index contributed by atoms with van der Waals surface area (Å²) in [5.74, 6) is 1.35. The summed E-state index contributed by atoms with van der Waals surface area (Å²) in [5, 5.41) is 0. The average Bonchev–Trinajstić information content (AvgIpc) is 2.25. The van der Waals surface area contributed by atoms with E-state index in [0.29, 0.717) is 5.91 Å². The van der Waals surface area contributed by atoms with Crippen LogP contribution in [-0.2, 0) is 4.79 Å². The van der Waals surface area contributed by atoms with Crippen LogP contribution in [0.4, 0.5) is 0 Å². The number of hydrogen-bond donors (Lipinski definition) is 1. The van der Waals surface area contributed by atoms with Crippen LogP contribution in [0.2, 0.25) is 0 Å². The quantitative estimate of drug-likeness (QED) is 0.451. The first kappa shape index (κ1) is 5.42. The summed E-state index contributed by atoms with van der Waals surface area (Å²) < 4.78 is 0. The number of carbonyl (C=O) groups is 1. The monoisotopic (exact) mass is 126 g/mol. The predicted octanol–water partition coefficient (Wildman–Crippen LogP) is -0.788. The zero-order chi connectivity index (χ0) is 6.27. The van der Waals surface area contributed by atoms with Gasteiger partial charge in [0.05, 0.1) is 19.5 Å². The minimum Gasteiger partial charge on any atom is -0.272 e. The van der Waals surface area contributed by atoms with Gasteiger partial charge in [-0.1, -0.05) is 0 Å². The molecule has 0 saturated carbocycles. The van der Waals surface area contributed by atoms with Crippen molar-refractivity contribution in [3.05, 3.63) is 0 Å². The Kier molecular flexibility index (Phi) is 1.09. The van der Waals surface area contributed by atoms with Crippen LogP contribution in [-0.4, -0.2) is 19.0 Å². The van der Waals surface area contributed by atoms with E-state index in [4.69, 9.17) is 0 Å². The third-order valence-corrected chi connectivity index (χ3v) is 2.56. The fraction of sp³-hybridized carbons (Fsp3) is 0.857. The van der Waals surface area contributed by atoms with Gasteiger partial charge < -0.3 is 0 Å². The smallest absolute Gasteiger partial charge is 0.272 e. The van der Waals surface area contributed by atoms with Gasteiger partial charge in [0.25, 0.3) is 0 Å². The van der Waals surface area contributed by atoms with Crippen molar-refractivity contribution in [1.82, 2.24) is 0 Å². The van der Waals surface area contributed by atoms with Gasteiger partial charge in [-0.25, -0.2) is 4.79 Å². The van der Waals surface area contributed by atoms with Crippen LogP contribution in [0.5, 0.6) is 0 Å². The number of fused-ring (bicyclic) bond motifs is 2. The lowest BCUT2D eigenvalue weighted by molar-refractivity contribution is -0.811. The number of piperidine rings is 1. The van der Waals surface area contributed by atoms with E-state index in [1.807, 2.05) is 0 Å². The number of rotatable bonds is 0. The first-order valence-electron chi connectivity index (χ1n) is 3.74. The van der Waals surface area contributed by atoms with Gasteiger partial charge in [0.1, 0.15) is 0 Å². The summed E-state index contributed by atoms with van der Waals surface area (Å²) >= 11 is 0. The molecule has 0 aromatic rings. The van der Waals surface area contributed by atoms with Crippen molar-refractivity contribution in [2.45, 2.75) is 19.3 Å². The summed E-state index contributed by atoms with van der Waals surface area (Å²) in [6, 6.07) is 0. The molecule has 0 aliphatic carbocycles. The molecule has 2 aliphatic heterocycles. The van der Waals surface area contributed by atoms with E-state index in [1.165, 1.54) is 17.7 Å². The van der Waals surface area contributed by atoms with Crippen LogP contribution in [0.3, 0.4) is 0 Å². The predicted molar refractivity (Wildman–Crippen MR) is 33.0 cm³/mol. The summed E-state index contributed by atoms with van der Waals surface area (Å²) in [5.41, 5.74) is 0. The Morgan fingerprint density at radius 3 is 3.11 bits per heavy atom. The van der Waals surface area contributed by atoms with E-state index in [2.05, 4.69) is 0 Å². The van der Waals surface area contributed by atoms with Crippen molar-refractivity contribution in [1.29, 1.82) is 0 Å². The van der Waals surface area contributed by atoms with Crippen LogP contribution in [0.1, 0.15) is 19.3 Å². The maximum atomic E-state index is 11.0.